The average molecular weight is 361 g/mol. The molecule has 0 saturated carbocycles. The summed E-state index contributed by atoms with van der Waals surface area (Å²) < 4.78 is 7.14. The van der Waals surface area contributed by atoms with Gasteiger partial charge in [-0.15, -0.1) is 0 Å². The van der Waals surface area contributed by atoms with Crippen LogP contribution in [0.5, 0.6) is 0 Å². The molecule has 0 fully saturated rings. The second-order valence-corrected chi connectivity index (χ2v) is 6.12. The molecule has 0 radical (unpaired) electrons. The lowest BCUT2D eigenvalue weighted by Crippen LogP contribution is -2.27. The van der Waals surface area contributed by atoms with Crippen molar-refractivity contribution in [2.45, 2.75) is 20.0 Å². The largest absolute Gasteiger partial charge is 0.467 e. The molecule has 124 valence electrons. The highest BCUT2D eigenvalue weighted by Crippen LogP contribution is 2.18. The summed E-state index contributed by atoms with van der Waals surface area (Å²) in [6, 6.07) is 13.4. The van der Waals surface area contributed by atoms with Gasteiger partial charge in [0.05, 0.1) is 19.4 Å². The minimum atomic E-state index is 0.494. The van der Waals surface area contributed by atoms with Gasteiger partial charge in [0, 0.05) is 16.8 Å². The Hall–Kier alpha value is -2.31. The third-order valence-electron chi connectivity index (χ3n) is 3.50. The molecule has 2 aromatic heterocycles. The zero-order chi connectivity index (χ0) is 16.9. The van der Waals surface area contributed by atoms with Gasteiger partial charge in [-0.1, -0.05) is 29.8 Å². The van der Waals surface area contributed by atoms with Gasteiger partial charge in [-0.25, -0.2) is 0 Å². The minimum Gasteiger partial charge on any atom is -0.467 e. The molecule has 0 bridgehead atoms. The van der Waals surface area contributed by atoms with Gasteiger partial charge >= 0.3 is 0 Å². The van der Waals surface area contributed by atoms with Crippen LogP contribution in [-0.4, -0.2) is 14.9 Å². The minimum absolute atomic E-state index is 0.494. The molecule has 3 aromatic rings. The Morgan fingerprint density at radius 2 is 2.12 bits per heavy atom. The first kappa shape index (κ1) is 16.5. The van der Waals surface area contributed by atoms with Crippen LogP contribution >= 0.6 is 23.8 Å². The van der Waals surface area contributed by atoms with Gasteiger partial charge in [0.2, 0.25) is 0 Å². The van der Waals surface area contributed by atoms with E-state index in [1.807, 2.05) is 54.1 Å². The summed E-state index contributed by atoms with van der Waals surface area (Å²) >= 11 is 11.5. The molecule has 0 amide bonds. The van der Waals surface area contributed by atoms with Crippen LogP contribution in [0.1, 0.15) is 17.0 Å². The number of aromatic nitrogens is 2. The fraction of sp³-hybridized carbons (Fsp3) is 0.176. The fourth-order valence-electron chi connectivity index (χ4n) is 2.26. The van der Waals surface area contributed by atoms with Gasteiger partial charge in [0.25, 0.3) is 0 Å². The molecule has 2 N–H and O–H groups in total. The van der Waals surface area contributed by atoms with Crippen LogP contribution in [0.3, 0.4) is 0 Å². The molecule has 0 aliphatic heterocycles. The van der Waals surface area contributed by atoms with Crippen molar-refractivity contribution in [1.29, 1.82) is 0 Å². The highest BCUT2D eigenvalue weighted by molar-refractivity contribution is 7.80. The topological polar surface area (TPSA) is 55.0 Å². The summed E-state index contributed by atoms with van der Waals surface area (Å²) in [5.74, 6) is 1.51. The van der Waals surface area contributed by atoms with Crippen molar-refractivity contribution in [3.63, 3.8) is 0 Å². The molecule has 0 aliphatic rings. The van der Waals surface area contributed by atoms with Crippen LogP contribution in [0, 0.1) is 6.92 Å². The number of hydrogen-bond acceptors (Lipinski definition) is 3. The first-order valence-electron chi connectivity index (χ1n) is 7.47. The number of nitrogens with zero attached hydrogens (tertiary/aromatic N) is 2. The normalized spacial score (nSPS) is 10.6. The van der Waals surface area contributed by atoms with E-state index >= 15 is 0 Å². The molecule has 0 aliphatic carbocycles. The number of nitrogens with one attached hydrogen (secondary N) is 2. The SMILES string of the molecule is Cc1cc(NC(=S)NCc2ccco2)nn1Cc1ccccc1Cl. The zero-order valence-corrected chi connectivity index (χ0v) is 14.7. The summed E-state index contributed by atoms with van der Waals surface area (Å²) in [7, 11) is 0. The van der Waals surface area contributed by atoms with Crippen LogP contribution in [0.15, 0.2) is 53.1 Å². The van der Waals surface area contributed by atoms with Crippen molar-refractivity contribution in [2.24, 2.45) is 0 Å². The van der Waals surface area contributed by atoms with Crippen LogP contribution in [0.4, 0.5) is 5.82 Å². The lowest BCUT2D eigenvalue weighted by atomic mass is 10.2. The average Bonchev–Trinajstić information content (AvgIpc) is 3.18. The Kier molecular flexibility index (Phi) is 5.17. The Morgan fingerprint density at radius 1 is 1.29 bits per heavy atom. The monoisotopic (exact) mass is 360 g/mol. The first-order valence-corrected chi connectivity index (χ1v) is 8.25. The van der Waals surface area contributed by atoms with E-state index in [1.54, 1.807) is 6.26 Å². The van der Waals surface area contributed by atoms with E-state index in [1.165, 1.54) is 0 Å². The van der Waals surface area contributed by atoms with Gasteiger partial charge in [0.1, 0.15) is 5.76 Å². The van der Waals surface area contributed by atoms with Crippen LogP contribution in [-0.2, 0) is 13.1 Å². The lowest BCUT2D eigenvalue weighted by molar-refractivity contribution is 0.503. The maximum absolute atomic E-state index is 6.21. The lowest BCUT2D eigenvalue weighted by Gasteiger charge is -2.07. The van der Waals surface area contributed by atoms with E-state index in [2.05, 4.69) is 15.7 Å². The molecule has 2 heterocycles. The molecule has 7 heteroatoms. The number of rotatable bonds is 5. The van der Waals surface area contributed by atoms with E-state index in [9.17, 15) is 0 Å². The summed E-state index contributed by atoms with van der Waals surface area (Å²) in [5.41, 5.74) is 2.04. The summed E-state index contributed by atoms with van der Waals surface area (Å²) in [6.45, 7) is 3.13. The maximum Gasteiger partial charge on any atom is 0.172 e. The van der Waals surface area contributed by atoms with Gasteiger partial charge in [-0.05, 0) is 42.9 Å². The second kappa shape index (κ2) is 7.51. The maximum atomic E-state index is 6.21. The fourth-order valence-corrected chi connectivity index (χ4v) is 2.63. The van der Waals surface area contributed by atoms with Gasteiger partial charge in [-0.2, -0.15) is 5.10 Å². The first-order chi connectivity index (χ1) is 11.6. The van der Waals surface area contributed by atoms with Crippen molar-refractivity contribution < 1.29 is 4.42 Å². The van der Waals surface area contributed by atoms with E-state index in [-0.39, 0.29) is 0 Å². The quantitative estimate of drug-likeness (QED) is 0.674. The Bertz CT molecular complexity index is 829. The van der Waals surface area contributed by atoms with Crippen LogP contribution < -0.4 is 10.6 Å². The van der Waals surface area contributed by atoms with E-state index in [0.29, 0.717) is 24.0 Å². The molecule has 0 saturated heterocycles. The van der Waals surface area contributed by atoms with Crippen molar-refractivity contribution >= 4 is 34.7 Å². The zero-order valence-electron chi connectivity index (χ0n) is 13.1. The number of benzene rings is 1. The number of aryl methyl sites for hydroxylation is 1. The van der Waals surface area contributed by atoms with Crippen LogP contribution in [0.25, 0.3) is 0 Å². The van der Waals surface area contributed by atoms with E-state index in [4.69, 9.17) is 28.2 Å². The number of furan rings is 1. The third kappa shape index (κ3) is 4.15. The van der Waals surface area contributed by atoms with E-state index in [0.717, 1.165) is 22.0 Å². The molecule has 0 spiro atoms. The Morgan fingerprint density at radius 3 is 2.88 bits per heavy atom. The summed E-state index contributed by atoms with van der Waals surface area (Å²) in [6.07, 6.45) is 1.63. The molecule has 0 atom stereocenters. The third-order valence-corrected chi connectivity index (χ3v) is 4.12. The Labute approximate surface area is 150 Å². The van der Waals surface area contributed by atoms with E-state index < -0.39 is 0 Å². The summed E-state index contributed by atoms with van der Waals surface area (Å²) in [4.78, 5) is 0. The van der Waals surface area contributed by atoms with Gasteiger partial charge in [-0.3, -0.25) is 4.68 Å². The highest BCUT2D eigenvalue weighted by atomic mass is 35.5. The van der Waals surface area contributed by atoms with Crippen molar-refractivity contribution in [3.05, 3.63) is 70.8 Å². The standard InChI is InChI=1S/C17H17ClN4OS/c1-12-9-16(20-17(24)19-10-14-6-4-8-23-14)21-22(12)11-13-5-2-3-7-15(13)18/h2-9H,10-11H2,1H3,(H2,19,20,21,24). The van der Waals surface area contributed by atoms with Crippen molar-refractivity contribution in [2.75, 3.05) is 5.32 Å². The van der Waals surface area contributed by atoms with Crippen molar-refractivity contribution in [1.82, 2.24) is 15.1 Å². The number of hydrogen-bond donors (Lipinski definition) is 2. The smallest absolute Gasteiger partial charge is 0.172 e. The molecular weight excluding hydrogens is 344 g/mol. The number of halogens is 1. The molecular formula is C17H17ClN4OS. The second-order valence-electron chi connectivity index (χ2n) is 5.31. The van der Waals surface area contributed by atoms with Crippen LogP contribution in [0.2, 0.25) is 5.02 Å². The molecule has 1 aromatic carbocycles. The van der Waals surface area contributed by atoms with Gasteiger partial charge < -0.3 is 15.1 Å². The predicted octanol–water partition coefficient (Wildman–Crippen LogP) is 3.97. The summed E-state index contributed by atoms with van der Waals surface area (Å²) in [5, 5.41) is 11.9. The predicted molar refractivity (Wildman–Crippen MR) is 99.3 cm³/mol. The molecule has 3 rings (SSSR count). The molecule has 24 heavy (non-hydrogen) atoms. The number of thiocarbonyl (C=S) groups is 1. The van der Waals surface area contributed by atoms with Gasteiger partial charge in [0.15, 0.2) is 10.9 Å². The highest BCUT2D eigenvalue weighted by Gasteiger charge is 2.08. The van der Waals surface area contributed by atoms with Crippen molar-refractivity contribution in [3.8, 4) is 0 Å². The molecule has 5 nitrogen and oxygen atoms in total. The molecule has 0 unspecified atom stereocenters. The number of anilines is 1. The Balaban J connectivity index is 1.61.